The van der Waals surface area contributed by atoms with Gasteiger partial charge in [-0.2, -0.15) is 0 Å². The molecule has 0 saturated carbocycles. The largest absolute Gasteiger partial charge is 0.435 e. The van der Waals surface area contributed by atoms with E-state index in [4.69, 9.17) is 9.15 Å². The Morgan fingerprint density at radius 2 is 2.62 bits per heavy atom. The van der Waals surface area contributed by atoms with Crippen molar-refractivity contribution in [3.63, 3.8) is 0 Å². The van der Waals surface area contributed by atoms with E-state index < -0.39 is 0 Å². The second-order valence-corrected chi connectivity index (χ2v) is 1.22. The molecule has 1 rings (SSSR count). The van der Waals surface area contributed by atoms with Gasteiger partial charge in [-0.1, -0.05) is 6.58 Å². The standard InChI is InChI=1S/C6H6O2/c1-2-7-6-4-3-5-8-6/h2-5H,1H2. The van der Waals surface area contributed by atoms with Crippen LogP contribution in [-0.4, -0.2) is 0 Å². The maximum Gasteiger partial charge on any atom is 0.289 e. The Morgan fingerprint density at radius 3 is 3.12 bits per heavy atom. The molecule has 0 aliphatic heterocycles. The average molecular weight is 110 g/mol. The van der Waals surface area contributed by atoms with E-state index >= 15 is 0 Å². The Morgan fingerprint density at radius 1 is 1.75 bits per heavy atom. The topological polar surface area (TPSA) is 22.4 Å². The third-order valence-electron chi connectivity index (χ3n) is 0.695. The first-order valence-electron chi connectivity index (χ1n) is 2.24. The maximum atomic E-state index is 4.78. The molecule has 0 spiro atoms. The first-order valence-corrected chi connectivity index (χ1v) is 2.24. The van der Waals surface area contributed by atoms with E-state index in [-0.39, 0.29) is 0 Å². The minimum atomic E-state index is 0.472. The van der Waals surface area contributed by atoms with Crippen molar-refractivity contribution in [3.8, 4) is 5.95 Å². The molecule has 0 aliphatic carbocycles. The van der Waals surface area contributed by atoms with Gasteiger partial charge >= 0.3 is 0 Å². The molecule has 1 heterocycles. The molecule has 0 amide bonds. The van der Waals surface area contributed by atoms with Crippen LogP contribution in [0.25, 0.3) is 0 Å². The van der Waals surface area contributed by atoms with Gasteiger partial charge in [-0.15, -0.1) is 0 Å². The fourth-order valence-electron chi connectivity index (χ4n) is 0.413. The molecule has 2 nitrogen and oxygen atoms in total. The molecule has 0 aliphatic rings. The predicted molar refractivity (Wildman–Crippen MR) is 29.5 cm³/mol. The van der Waals surface area contributed by atoms with Crippen molar-refractivity contribution in [1.82, 2.24) is 0 Å². The van der Waals surface area contributed by atoms with Gasteiger partial charge in [-0.3, -0.25) is 0 Å². The average Bonchev–Trinajstić information content (AvgIpc) is 2.19. The first-order chi connectivity index (χ1) is 3.93. The number of hydrogen-bond donors (Lipinski definition) is 0. The second kappa shape index (κ2) is 2.21. The maximum absolute atomic E-state index is 4.78. The molecule has 0 N–H and O–H groups in total. The molecule has 2 heteroatoms. The Kier molecular flexibility index (Phi) is 1.37. The van der Waals surface area contributed by atoms with Gasteiger partial charge in [0.25, 0.3) is 5.95 Å². The second-order valence-electron chi connectivity index (χ2n) is 1.22. The monoisotopic (exact) mass is 110 g/mol. The van der Waals surface area contributed by atoms with E-state index in [1.807, 2.05) is 0 Å². The van der Waals surface area contributed by atoms with Crippen LogP contribution < -0.4 is 4.74 Å². The smallest absolute Gasteiger partial charge is 0.289 e. The van der Waals surface area contributed by atoms with Crippen LogP contribution in [0.1, 0.15) is 0 Å². The summed E-state index contributed by atoms with van der Waals surface area (Å²) in [6.45, 7) is 3.35. The van der Waals surface area contributed by atoms with Crippen LogP contribution in [0.5, 0.6) is 5.95 Å². The van der Waals surface area contributed by atoms with Crippen molar-refractivity contribution in [2.45, 2.75) is 0 Å². The molecule has 0 aromatic carbocycles. The minimum Gasteiger partial charge on any atom is -0.435 e. The Bertz CT molecular complexity index is 153. The molecular weight excluding hydrogens is 104 g/mol. The van der Waals surface area contributed by atoms with Gasteiger partial charge in [0.1, 0.15) is 0 Å². The van der Waals surface area contributed by atoms with Gasteiger partial charge in [0.2, 0.25) is 0 Å². The number of furan rings is 1. The predicted octanol–water partition coefficient (Wildman–Crippen LogP) is 1.80. The van der Waals surface area contributed by atoms with Gasteiger partial charge in [-0.25, -0.2) is 0 Å². The van der Waals surface area contributed by atoms with Crippen LogP contribution in [0.15, 0.2) is 35.7 Å². The lowest BCUT2D eigenvalue weighted by Crippen LogP contribution is -1.73. The Hall–Kier alpha value is -1.18. The van der Waals surface area contributed by atoms with Crippen molar-refractivity contribution in [3.05, 3.63) is 31.2 Å². The summed E-state index contributed by atoms with van der Waals surface area (Å²) < 4.78 is 9.52. The molecule has 0 bridgehead atoms. The van der Waals surface area contributed by atoms with Crippen LogP contribution in [0.4, 0.5) is 0 Å². The van der Waals surface area contributed by atoms with Crippen LogP contribution in [0.3, 0.4) is 0 Å². The summed E-state index contributed by atoms with van der Waals surface area (Å²) in [4.78, 5) is 0. The summed E-state index contributed by atoms with van der Waals surface area (Å²) in [5, 5.41) is 0. The van der Waals surface area contributed by atoms with Gasteiger partial charge in [-0.05, 0) is 6.07 Å². The van der Waals surface area contributed by atoms with E-state index in [1.54, 1.807) is 18.4 Å². The highest BCUT2D eigenvalue weighted by Crippen LogP contribution is 2.08. The quantitative estimate of drug-likeness (QED) is 0.541. The van der Waals surface area contributed by atoms with Crippen LogP contribution in [-0.2, 0) is 0 Å². The fraction of sp³-hybridized carbons (Fsp3) is 0. The summed E-state index contributed by atoms with van der Waals surface area (Å²) in [6, 6.07) is 3.46. The molecule has 0 atom stereocenters. The first kappa shape index (κ1) is 4.97. The normalized spacial score (nSPS) is 8.50. The lowest BCUT2D eigenvalue weighted by Gasteiger charge is -1.87. The number of rotatable bonds is 2. The Labute approximate surface area is 47.4 Å². The summed E-state index contributed by atoms with van der Waals surface area (Å²) in [5.41, 5.74) is 0. The molecule has 0 fully saturated rings. The van der Waals surface area contributed by atoms with Gasteiger partial charge < -0.3 is 9.15 Å². The molecule has 0 unspecified atom stereocenters. The molecule has 0 saturated heterocycles. The van der Waals surface area contributed by atoms with E-state index in [9.17, 15) is 0 Å². The SMILES string of the molecule is C=COc1ccco1. The third kappa shape index (κ3) is 0.904. The van der Waals surface area contributed by atoms with Crippen molar-refractivity contribution in [1.29, 1.82) is 0 Å². The molecule has 1 aromatic heterocycles. The van der Waals surface area contributed by atoms with Crippen molar-refractivity contribution >= 4 is 0 Å². The number of ether oxygens (including phenoxy) is 1. The highest BCUT2D eigenvalue weighted by atomic mass is 16.6. The van der Waals surface area contributed by atoms with E-state index in [0.717, 1.165) is 0 Å². The fourth-order valence-corrected chi connectivity index (χ4v) is 0.413. The summed E-state index contributed by atoms with van der Waals surface area (Å²) in [7, 11) is 0. The third-order valence-corrected chi connectivity index (χ3v) is 0.695. The van der Waals surface area contributed by atoms with Gasteiger partial charge in [0, 0.05) is 6.07 Å². The van der Waals surface area contributed by atoms with Crippen LogP contribution >= 0.6 is 0 Å². The lowest BCUT2D eigenvalue weighted by molar-refractivity contribution is 0.346. The van der Waals surface area contributed by atoms with Crippen molar-refractivity contribution < 1.29 is 9.15 Å². The molecule has 8 heavy (non-hydrogen) atoms. The zero-order chi connectivity index (χ0) is 5.82. The summed E-state index contributed by atoms with van der Waals surface area (Å²) >= 11 is 0. The number of hydrogen-bond acceptors (Lipinski definition) is 2. The lowest BCUT2D eigenvalue weighted by atomic mass is 10.7. The highest BCUT2D eigenvalue weighted by molar-refractivity contribution is 5.04. The summed E-state index contributed by atoms with van der Waals surface area (Å²) in [6.07, 6.45) is 2.86. The van der Waals surface area contributed by atoms with E-state index in [2.05, 4.69) is 6.58 Å². The zero-order valence-electron chi connectivity index (χ0n) is 4.33. The van der Waals surface area contributed by atoms with E-state index in [1.165, 1.54) is 6.26 Å². The summed E-state index contributed by atoms with van der Waals surface area (Å²) in [5.74, 6) is 0.472. The molecular formula is C6H6O2. The van der Waals surface area contributed by atoms with E-state index in [0.29, 0.717) is 5.95 Å². The van der Waals surface area contributed by atoms with Crippen LogP contribution in [0, 0.1) is 0 Å². The molecule has 0 radical (unpaired) electrons. The van der Waals surface area contributed by atoms with Crippen molar-refractivity contribution in [2.75, 3.05) is 0 Å². The zero-order valence-corrected chi connectivity index (χ0v) is 4.33. The van der Waals surface area contributed by atoms with Crippen LogP contribution in [0.2, 0.25) is 0 Å². The Balaban J connectivity index is 2.62. The van der Waals surface area contributed by atoms with Gasteiger partial charge in [0.15, 0.2) is 0 Å². The highest BCUT2D eigenvalue weighted by Gasteiger charge is 1.87. The van der Waals surface area contributed by atoms with Gasteiger partial charge in [0.05, 0.1) is 12.5 Å². The minimum absolute atomic E-state index is 0.472. The molecule has 42 valence electrons. The molecule has 1 aromatic rings. The van der Waals surface area contributed by atoms with Crippen molar-refractivity contribution in [2.24, 2.45) is 0 Å².